The third-order valence-electron chi connectivity index (χ3n) is 2.33. The number of hydrogen-bond acceptors (Lipinski definition) is 2. The molecular weight excluding hydrogens is 154 g/mol. The quantitative estimate of drug-likeness (QED) is 0.492. The van der Waals surface area contributed by atoms with Crippen LogP contribution in [0.2, 0.25) is 0 Å². The molecule has 2 heteroatoms. The third-order valence-corrected chi connectivity index (χ3v) is 2.65. The van der Waals surface area contributed by atoms with Crippen LogP contribution in [0.5, 0.6) is 0 Å². The SMILES string of the molecule is SCCCCCN1CCCC1. The molecule has 1 rings (SSSR count). The highest BCUT2D eigenvalue weighted by Crippen LogP contribution is 2.08. The molecule has 0 bridgehead atoms. The first-order chi connectivity index (χ1) is 5.43. The summed E-state index contributed by atoms with van der Waals surface area (Å²) in [6.07, 6.45) is 6.87. The zero-order valence-corrected chi connectivity index (χ0v) is 8.15. The molecule has 0 N–H and O–H groups in total. The van der Waals surface area contributed by atoms with Crippen molar-refractivity contribution in [3.05, 3.63) is 0 Å². The first kappa shape index (κ1) is 9.40. The Morgan fingerprint density at radius 2 is 1.73 bits per heavy atom. The molecule has 1 aliphatic rings. The summed E-state index contributed by atoms with van der Waals surface area (Å²) in [5, 5.41) is 0. The maximum Gasteiger partial charge on any atom is -0.00183 e. The second-order valence-corrected chi connectivity index (χ2v) is 3.78. The number of likely N-dealkylation sites (tertiary alicyclic amines) is 1. The van der Waals surface area contributed by atoms with Crippen molar-refractivity contribution in [1.82, 2.24) is 4.90 Å². The maximum atomic E-state index is 4.19. The van der Waals surface area contributed by atoms with Crippen LogP contribution >= 0.6 is 12.6 Å². The largest absolute Gasteiger partial charge is 0.303 e. The zero-order chi connectivity index (χ0) is 7.94. The Balaban J connectivity index is 1.86. The van der Waals surface area contributed by atoms with Crippen LogP contribution in [-0.2, 0) is 0 Å². The van der Waals surface area contributed by atoms with Crippen molar-refractivity contribution in [3.63, 3.8) is 0 Å². The predicted molar refractivity (Wildman–Crippen MR) is 53.4 cm³/mol. The molecule has 0 unspecified atom stereocenters. The van der Waals surface area contributed by atoms with Crippen LogP contribution in [0.15, 0.2) is 0 Å². The summed E-state index contributed by atoms with van der Waals surface area (Å²) >= 11 is 4.19. The third kappa shape index (κ3) is 4.02. The standard InChI is InChI=1S/C9H19NS/c11-9-5-1-2-6-10-7-3-4-8-10/h11H,1-9H2. The zero-order valence-electron chi connectivity index (χ0n) is 7.26. The molecule has 1 aliphatic heterocycles. The van der Waals surface area contributed by atoms with Gasteiger partial charge in [-0.25, -0.2) is 0 Å². The van der Waals surface area contributed by atoms with E-state index in [1.165, 1.54) is 51.7 Å². The lowest BCUT2D eigenvalue weighted by Gasteiger charge is -2.13. The van der Waals surface area contributed by atoms with Crippen LogP contribution in [-0.4, -0.2) is 30.3 Å². The van der Waals surface area contributed by atoms with Crippen LogP contribution < -0.4 is 0 Å². The topological polar surface area (TPSA) is 3.24 Å². The molecule has 0 aromatic carbocycles. The highest BCUT2D eigenvalue weighted by molar-refractivity contribution is 7.80. The molecule has 1 heterocycles. The molecule has 0 saturated carbocycles. The first-order valence-corrected chi connectivity index (χ1v) is 5.40. The minimum Gasteiger partial charge on any atom is -0.303 e. The summed E-state index contributed by atoms with van der Waals surface area (Å²) in [4.78, 5) is 2.58. The van der Waals surface area contributed by atoms with Gasteiger partial charge in [0.2, 0.25) is 0 Å². The average Bonchev–Trinajstić information content (AvgIpc) is 2.50. The van der Waals surface area contributed by atoms with E-state index in [0.717, 1.165) is 5.75 Å². The minimum atomic E-state index is 1.06. The van der Waals surface area contributed by atoms with E-state index >= 15 is 0 Å². The lowest BCUT2D eigenvalue weighted by molar-refractivity contribution is 0.330. The van der Waals surface area contributed by atoms with Crippen molar-refractivity contribution in [3.8, 4) is 0 Å². The Hall–Kier alpha value is 0.310. The van der Waals surface area contributed by atoms with Crippen molar-refractivity contribution < 1.29 is 0 Å². The number of hydrogen-bond donors (Lipinski definition) is 1. The maximum absolute atomic E-state index is 4.19. The fourth-order valence-electron chi connectivity index (χ4n) is 1.63. The van der Waals surface area contributed by atoms with Gasteiger partial charge in [0.25, 0.3) is 0 Å². The van der Waals surface area contributed by atoms with Crippen LogP contribution in [0.4, 0.5) is 0 Å². The molecule has 1 nitrogen and oxygen atoms in total. The molecule has 1 saturated heterocycles. The van der Waals surface area contributed by atoms with Gasteiger partial charge in [-0.05, 0) is 51.1 Å². The summed E-state index contributed by atoms with van der Waals surface area (Å²) in [7, 11) is 0. The minimum absolute atomic E-state index is 1.06. The molecule has 66 valence electrons. The highest BCUT2D eigenvalue weighted by Gasteiger charge is 2.09. The summed E-state index contributed by atoms with van der Waals surface area (Å²) in [6.45, 7) is 4.02. The van der Waals surface area contributed by atoms with E-state index < -0.39 is 0 Å². The van der Waals surface area contributed by atoms with Crippen molar-refractivity contribution in [2.75, 3.05) is 25.4 Å². The Bertz CT molecular complexity index is 89.6. The normalized spacial score (nSPS) is 19.4. The van der Waals surface area contributed by atoms with Crippen LogP contribution in [0.3, 0.4) is 0 Å². The number of unbranched alkanes of at least 4 members (excludes halogenated alkanes) is 2. The van der Waals surface area contributed by atoms with Gasteiger partial charge in [-0.15, -0.1) is 0 Å². The molecule has 0 radical (unpaired) electrons. The second-order valence-electron chi connectivity index (χ2n) is 3.33. The van der Waals surface area contributed by atoms with E-state index in [9.17, 15) is 0 Å². The molecule has 0 aromatic heterocycles. The van der Waals surface area contributed by atoms with Crippen molar-refractivity contribution in [2.24, 2.45) is 0 Å². The van der Waals surface area contributed by atoms with Gasteiger partial charge in [0, 0.05) is 0 Å². The van der Waals surface area contributed by atoms with Crippen LogP contribution in [0.1, 0.15) is 32.1 Å². The Labute approximate surface area is 75.6 Å². The number of thiol groups is 1. The van der Waals surface area contributed by atoms with Gasteiger partial charge < -0.3 is 4.90 Å². The molecule has 0 aliphatic carbocycles. The highest BCUT2D eigenvalue weighted by atomic mass is 32.1. The Morgan fingerprint density at radius 3 is 2.36 bits per heavy atom. The van der Waals surface area contributed by atoms with Gasteiger partial charge in [0.05, 0.1) is 0 Å². The molecular formula is C9H19NS. The van der Waals surface area contributed by atoms with E-state index in [1.807, 2.05) is 0 Å². The number of rotatable bonds is 5. The summed E-state index contributed by atoms with van der Waals surface area (Å²) in [5.74, 6) is 1.06. The van der Waals surface area contributed by atoms with E-state index in [-0.39, 0.29) is 0 Å². The van der Waals surface area contributed by atoms with Gasteiger partial charge in [-0.3, -0.25) is 0 Å². The molecule has 11 heavy (non-hydrogen) atoms. The van der Waals surface area contributed by atoms with Gasteiger partial charge in [-0.2, -0.15) is 12.6 Å². The predicted octanol–water partition coefficient (Wildman–Crippen LogP) is 2.18. The van der Waals surface area contributed by atoms with E-state index in [2.05, 4.69) is 17.5 Å². The van der Waals surface area contributed by atoms with Gasteiger partial charge >= 0.3 is 0 Å². The van der Waals surface area contributed by atoms with Crippen molar-refractivity contribution in [2.45, 2.75) is 32.1 Å². The molecule has 0 atom stereocenters. The fraction of sp³-hybridized carbons (Fsp3) is 1.00. The van der Waals surface area contributed by atoms with Gasteiger partial charge in [0.15, 0.2) is 0 Å². The summed E-state index contributed by atoms with van der Waals surface area (Å²) in [5.41, 5.74) is 0. The summed E-state index contributed by atoms with van der Waals surface area (Å²) < 4.78 is 0. The molecule has 0 aromatic rings. The van der Waals surface area contributed by atoms with Gasteiger partial charge in [-0.1, -0.05) is 6.42 Å². The summed E-state index contributed by atoms with van der Waals surface area (Å²) in [6, 6.07) is 0. The van der Waals surface area contributed by atoms with E-state index in [4.69, 9.17) is 0 Å². The molecule has 0 amide bonds. The van der Waals surface area contributed by atoms with E-state index in [1.54, 1.807) is 0 Å². The molecule has 1 fully saturated rings. The lowest BCUT2D eigenvalue weighted by Crippen LogP contribution is -2.20. The Kier molecular flexibility index (Phi) is 5.04. The van der Waals surface area contributed by atoms with Crippen molar-refractivity contribution in [1.29, 1.82) is 0 Å². The van der Waals surface area contributed by atoms with E-state index in [0.29, 0.717) is 0 Å². The Morgan fingerprint density at radius 1 is 1.00 bits per heavy atom. The average molecular weight is 173 g/mol. The fourth-order valence-corrected chi connectivity index (χ4v) is 1.85. The lowest BCUT2D eigenvalue weighted by atomic mass is 10.2. The monoisotopic (exact) mass is 173 g/mol. The van der Waals surface area contributed by atoms with Crippen LogP contribution in [0, 0.1) is 0 Å². The first-order valence-electron chi connectivity index (χ1n) is 4.76. The smallest absolute Gasteiger partial charge is 0.00183 e. The van der Waals surface area contributed by atoms with Crippen LogP contribution in [0.25, 0.3) is 0 Å². The van der Waals surface area contributed by atoms with Crippen molar-refractivity contribution >= 4 is 12.6 Å². The van der Waals surface area contributed by atoms with Gasteiger partial charge in [0.1, 0.15) is 0 Å². The number of nitrogens with zero attached hydrogens (tertiary/aromatic N) is 1. The molecule has 0 spiro atoms. The second kappa shape index (κ2) is 5.90.